The summed E-state index contributed by atoms with van der Waals surface area (Å²) in [6.45, 7) is 6.53. The van der Waals surface area contributed by atoms with Crippen molar-refractivity contribution in [2.24, 2.45) is 0 Å². The van der Waals surface area contributed by atoms with Gasteiger partial charge < -0.3 is 30.2 Å². The van der Waals surface area contributed by atoms with Crippen molar-refractivity contribution in [3.8, 4) is 11.5 Å². The summed E-state index contributed by atoms with van der Waals surface area (Å²) >= 11 is 0. The van der Waals surface area contributed by atoms with Crippen molar-refractivity contribution in [1.29, 1.82) is 0 Å². The maximum Gasteiger partial charge on any atom is 0.410 e. The first-order valence-electron chi connectivity index (χ1n) is 10.9. The van der Waals surface area contributed by atoms with Crippen LogP contribution in [-0.2, 0) is 4.74 Å². The monoisotopic (exact) mass is 475 g/mol. The first-order valence-corrected chi connectivity index (χ1v) is 10.9. The van der Waals surface area contributed by atoms with Crippen molar-refractivity contribution in [1.82, 2.24) is 14.9 Å². The number of nitrogen functional groups attached to an aromatic ring is 1. The lowest BCUT2D eigenvalue weighted by atomic mass is 10.0. The zero-order chi connectivity index (χ0) is 25.0. The molecule has 34 heavy (non-hydrogen) atoms. The Labute approximate surface area is 197 Å². The minimum atomic E-state index is -0.806. The molecule has 1 aliphatic rings. The van der Waals surface area contributed by atoms with Gasteiger partial charge in [-0.15, -0.1) is 0 Å². The Hall–Kier alpha value is -3.63. The summed E-state index contributed by atoms with van der Waals surface area (Å²) in [5.74, 6) is -1.13. The molecule has 0 saturated carbocycles. The number of halogens is 1. The van der Waals surface area contributed by atoms with Gasteiger partial charge in [-0.25, -0.2) is 14.2 Å². The number of aromatic nitrogens is 2. The van der Waals surface area contributed by atoms with Crippen LogP contribution in [0.5, 0.6) is 11.5 Å². The Morgan fingerprint density at radius 1 is 1.18 bits per heavy atom. The zero-order valence-corrected chi connectivity index (χ0v) is 20.0. The Morgan fingerprint density at radius 3 is 2.41 bits per heavy atom. The molecule has 1 fully saturated rings. The molecule has 10 nitrogen and oxygen atoms in total. The van der Waals surface area contributed by atoms with Crippen LogP contribution >= 0.6 is 0 Å². The van der Waals surface area contributed by atoms with Gasteiger partial charge in [-0.2, -0.15) is 4.98 Å². The molecule has 0 atom stereocenters. The first-order chi connectivity index (χ1) is 16.0. The second-order valence-electron chi connectivity index (χ2n) is 8.89. The predicted molar refractivity (Wildman–Crippen MR) is 124 cm³/mol. The van der Waals surface area contributed by atoms with Crippen LogP contribution < -0.4 is 20.5 Å². The number of likely N-dealkylation sites (tertiary alicyclic amines) is 1. The molecule has 3 N–H and O–H groups in total. The minimum Gasteiger partial charge on any atom is -0.497 e. The smallest absolute Gasteiger partial charge is 0.410 e. The van der Waals surface area contributed by atoms with E-state index in [2.05, 4.69) is 15.3 Å². The highest BCUT2D eigenvalue weighted by molar-refractivity contribution is 6.13. The number of hydrogen-bond donors (Lipinski definition) is 2. The number of carbonyl (C=O) groups excluding carboxylic acids is 2. The number of piperidine rings is 1. The van der Waals surface area contributed by atoms with E-state index in [9.17, 15) is 14.0 Å². The molecule has 0 unspecified atom stereocenters. The van der Waals surface area contributed by atoms with Gasteiger partial charge in [-0.05, 0) is 33.6 Å². The Morgan fingerprint density at radius 2 is 1.85 bits per heavy atom. The van der Waals surface area contributed by atoms with Crippen molar-refractivity contribution in [3.63, 3.8) is 0 Å². The molecular weight excluding hydrogens is 445 g/mol. The number of methoxy groups -OCH3 is 2. The lowest BCUT2D eigenvalue weighted by molar-refractivity contribution is 0.0210. The number of benzene rings is 1. The predicted octanol–water partition coefficient (Wildman–Crippen LogP) is 3.26. The summed E-state index contributed by atoms with van der Waals surface area (Å²) in [6, 6.07) is 2.51. The third-order valence-corrected chi connectivity index (χ3v) is 5.25. The zero-order valence-electron chi connectivity index (χ0n) is 20.0. The van der Waals surface area contributed by atoms with E-state index in [0.29, 0.717) is 25.9 Å². The van der Waals surface area contributed by atoms with E-state index < -0.39 is 17.2 Å². The SMILES string of the molecule is COc1cc(F)c(C(=O)c2cnc(NC3CCN(C(=O)OC(C)(C)C)CC3)nc2N)c(OC)c1. The molecule has 3 rings (SSSR count). The normalized spacial score (nSPS) is 14.5. The van der Waals surface area contributed by atoms with Crippen molar-refractivity contribution < 1.29 is 28.2 Å². The van der Waals surface area contributed by atoms with Crippen LogP contribution in [0.1, 0.15) is 49.5 Å². The van der Waals surface area contributed by atoms with E-state index in [1.165, 1.54) is 26.5 Å². The van der Waals surface area contributed by atoms with Crippen molar-refractivity contribution >= 4 is 23.6 Å². The molecule has 2 aromatic rings. The van der Waals surface area contributed by atoms with Gasteiger partial charge in [0.15, 0.2) is 0 Å². The van der Waals surface area contributed by atoms with Gasteiger partial charge in [-0.3, -0.25) is 4.79 Å². The van der Waals surface area contributed by atoms with Crippen molar-refractivity contribution in [2.75, 3.05) is 38.4 Å². The summed E-state index contributed by atoms with van der Waals surface area (Å²) < 4.78 is 30.2. The van der Waals surface area contributed by atoms with Gasteiger partial charge >= 0.3 is 6.09 Å². The lowest BCUT2D eigenvalue weighted by Gasteiger charge is -2.33. The number of nitrogens with one attached hydrogen (secondary N) is 1. The lowest BCUT2D eigenvalue weighted by Crippen LogP contribution is -2.44. The molecule has 0 radical (unpaired) electrons. The van der Waals surface area contributed by atoms with E-state index in [-0.39, 0.29) is 46.5 Å². The van der Waals surface area contributed by atoms with Gasteiger partial charge in [0.25, 0.3) is 0 Å². The van der Waals surface area contributed by atoms with Crippen molar-refractivity contribution in [2.45, 2.75) is 45.3 Å². The molecule has 1 amide bonds. The number of ketones is 1. The summed E-state index contributed by atoms with van der Waals surface area (Å²) in [5, 5.41) is 3.18. The summed E-state index contributed by atoms with van der Waals surface area (Å²) in [7, 11) is 2.71. The Kier molecular flexibility index (Phi) is 7.43. The highest BCUT2D eigenvalue weighted by Crippen LogP contribution is 2.31. The molecule has 1 saturated heterocycles. The quantitative estimate of drug-likeness (QED) is 0.605. The van der Waals surface area contributed by atoms with Gasteiger partial charge in [0.05, 0.1) is 19.8 Å². The van der Waals surface area contributed by atoms with Crippen LogP contribution in [0.25, 0.3) is 0 Å². The number of amides is 1. The number of carbonyl (C=O) groups is 2. The molecule has 1 aromatic heterocycles. The fourth-order valence-electron chi connectivity index (χ4n) is 3.55. The van der Waals surface area contributed by atoms with Crippen LogP contribution in [0.15, 0.2) is 18.3 Å². The van der Waals surface area contributed by atoms with Crippen molar-refractivity contribution in [3.05, 3.63) is 35.3 Å². The van der Waals surface area contributed by atoms with Gasteiger partial charge in [0, 0.05) is 37.5 Å². The second-order valence-corrected chi connectivity index (χ2v) is 8.89. The average Bonchev–Trinajstić information content (AvgIpc) is 2.77. The van der Waals surface area contributed by atoms with E-state index in [0.717, 1.165) is 6.07 Å². The number of anilines is 2. The number of hydrogen-bond acceptors (Lipinski definition) is 9. The summed E-state index contributed by atoms with van der Waals surface area (Å²) in [6.07, 6.45) is 2.25. The van der Waals surface area contributed by atoms with Crippen LogP contribution in [0.3, 0.4) is 0 Å². The van der Waals surface area contributed by atoms with Gasteiger partial charge in [0.2, 0.25) is 11.7 Å². The number of nitrogens with two attached hydrogens (primary N) is 1. The maximum absolute atomic E-state index is 14.6. The second kappa shape index (κ2) is 10.1. The third-order valence-electron chi connectivity index (χ3n) is 5.25. The molecule has 2 heterocycles. The first kappa shape index (κ1) is 25.0. The van der Waals surface area contributed by atoms with Gasteiger partial charge in [0.1, 0.15) is 34.3 Å². The summed E-state index contributed by atoms with van der Waals surface area (Å²) in [5.41, 5.74) is 5.14. The topological polar surface area (TPSA) is 129 Å². The highest BCUT2D eigenvalue weighted by atomic mass is 19.1. The largest absolute Gasteiger partial charge is 0.497 e. The Balaban J connectivity index is 1.68. The molecular formula is C23H30FN5O5. The van der Waals surface area contributed by atoms with E-state index in [4.69, 9.17) is 19.9 Å². The molecule has 184 valence electrons. The summed E-state index contributed by atoms with van der Waals surface area (Å²) in [4.78, 5) is 35.2. The number of rotatable bonds is 6. The fourth-order valence-corrected chi connectivity index (χ4v) is 3.55. The molecule has 0 bridgehead atoms. The maximum atomic E-state index is 14.6. The van der Waals surface area contributed by atoms with Crippen LogP contribution in [0.4, 0.5) is 21.0 Å². The minimum absolute atomic E-state index is 0.0127. The average molecular weight is 476 g/mol. The number of nitrogens with zero attached hydrogens (tertiary/aromatic N) is 3. The van der Waals surface area contributed by atoms with Crippen LogP contribution in [0.2, 0.25) is 0 Å². The Bertz CT molecular complexity index is 1060. The van der Waals surface area contributed by atoms with E-state index in [1.54, 1.807) is 4.90 Å². The standard InChI is InChI=1S/C23H30FN5O5/c1-23(2,3)34-22(31)29-8-6-13(7-9-29)27-21-26-12-15(20(25)28-21)19(30)18-16(24)10-14(32-4)11-17(18)33-5/h10-13H,6-9H2,1-5H3,(H3,25,26,27,28). The van der Waals surface area contributed by atoms with Crippen LogP contribution in [-0.4, -0.2) is 65.7 Å². The molecule has 1 aliphatic heterocycles. The van der Waals surface area contributed by atoms with Crippen LogP contribution in [0, 0.1) is 5.82 Å². The fraction of sp³-hybridized carbons (Fsp3) is 0.478. The highest BCUT2D eigenvalue weighted by Gasteiger charge is 2.28. The van der Waals surface area contributed by atoms with E-state index >= 15 is 0 Å². The number of ether oxygens (including phenoxy) is 3. The van der Waals surface area contributed by atoms with Gasteiger partial charge in [-0.1, -0.05) is 0 Å². The molecule has 11 heteroatoms. The molecule has 0 spiro atoms. The molecule has 1 aromatic carbocycles. The molecule has 0 aliphatic carbocycles. The third kappa shape index (κ3) is 5.83. The van der Waals surface area contributed by atoms with E-state index in [1.807, 2.05) is 20.8 Å².